The Kier molecular flexibility index (Phi) is 0.894. The zero-order valence-corrected chi connectivity index (χ0v) is 3.90. The molecular weight excluding hydrogens is 98.1 g/mol. The van der Waals surface area contributed by atoms with E-state index in [1.54, 1.807) is 12.4 Å². The maximum Gasteiger partial charge on any atom is 0.0835 e. The van der Waals surface area contributed by atoms with Crippen LogP contribution in [0.25, 0.3) is 0 Å². The van der Waals surface area contributed by atoms with Gasteiger partial charge in [0.05, 0.1) is 12.1 Å². The molecule has 0 saturated carbocycles. The van der Waals surface area contributed by atoms with Crippen LogP contribution >= 0.6 is 12.1 Å². The SMILES string of the molecule is NN1C=CNS1. The highest BCUT2D eigenvalue weighted by molar-refractivity contribution is 7.95. The first kappa shape index (κ1) is 3.83. The molecule has 0 saturated heterocycles. The number of nitrogens with one attached hydrogen (secondary N) is 1. The van der Waals surface area contributed by atoms with Crippen molar-refractivity contribution >= 4 is 12.1 Å². The van der Waals surface area contributed by atoms with Gasteiger partial charge in [-0.1, -0.05) is 0 Å². The highest BCUT2D eigenvalue weighted by Gasteiger charge is 1.93. The molecule has 0 radical (unpaired) electrons. The van der Waals surface area contributed by atoms with Crippen LogP contribution in [0.1, 0.15) is 0 Å². The molecule has 0 amide bonds. The van der Waals surface area contributed by atoms with Crippen LogP contribution in [0.2, 0.25) is 0 Å². The van der Waals surface area contributed by atoms with Crippen molar-refractivity contribution in [3.8, 4) is 0 Å². The molecule has 1 aliphatic heterocycles. The Hall–Kier alpha value is -0.350. The summed E-state index contributed by atoms with van der Waals surface area (Å²) in [5.41, 5.74) is 0. The fraction of sp³-hybridized carbons (Fsp3) is 0. The van der Waals surface area contributed by atoms with Gasteiger partial charge in [0, 0.05) is 12.4 Å². The Morgan fingerprint density at radius 3 is 2.83 bits per heavy atom. The lowest BCUT2D eigenvalue weighted by atomic mass is 11.0. The van der Waals surface area contributed by atoms with Gasteiger partial charge in [0.2, 0.25) is 0 Å². The first-order valence-electron chi connectivity index (χ1n) is 1.53. The van der Waals surface area contributed by atoms with Crippen LogP contribution in [0.15, 0.2) is 12.4 Å². The average molecular weight is 103 g/mol. The topological polar surface area (TPSA) is 41.3 Å². The largest absolute Gasteiger partial charge is 0.316 e. The minimum absolute atomic E-state index is 1.35. The van der Waals surface area contributed by atoms with Crippen molar-refractivity contribution < 1.29 is 0 Å². The first-order valence-corrected chi connectivity index (χ1v) is 2.30. The molecule has 0 spiro atoms. The summed E-state index contributed by atoms with van der Waals surface area (Å²) in [6.45, 7) is 0. The Morgan fingerprint density at radius 1 is 1.83 bits per heavy atom. The van der Waals surface area contributed by atoms with Gasteiger partial charge in [-0.15, -0.1) is 0 Å². The zero-order chi connectivity index (χ0) is 4.41. The van der Waals surface area contributed by atoms with Gasteiger partial charge in [0.25, 0.3) is 0 Å². The van der Waals surface area contributed by atoms with Crippen LogP contribution in [0.4, 0.5) is 0 Å². The number of nitrogens with two attached hydrogens (primary N) is 1. The second-order valence-corrected chi connectivity index (χ2v) is 1.72. The van der Waals surface area contributed by atoms with Crippen molar-refractivity contribution in [2.24, 2.45) is 5.84 Å². The summed E-state index contributed by atoms with van der Waals surface area (Å²) < 4.78 is 4.30. The fourth-order valence-corrected chi connectivity index (χ4v) is 0.591. The van der Waals surface area contributed by atoms with E-state index in [9.17, 15) is 0 Å². The summed E-state index contributed by atoms with van der Waals surface area (Å²) in [5.74, 6) is 5.18. The van der Waals surface area contributed by atoms with E-state index in [0.717, 1.165) is 0 Å². The summed E-state index contributed by atoms with van der Waals surface area (Å²) in [7, 11) is 0. The number of hydrazine groups is 1. The summed E-state index contributed by atoms with van der Waals surface area (Å²) in [5, 5.41) is 0. The molecule has 6 heavy (non-hydrogen) atoms. The van der Waals surface area contributed by atoms with Gasteiger partial charge in [0.1, 0.15) is 0 Å². The molecule has 1 aliphatic rings. The quantitative estimate of drug-likeness (QED) is 0.329. The molecular formula is C2H5N3S. The normalized spacial score (nSPS) is 18.5. The van der Waals surface area contributed by atoms with Gasteiger partial charge in [-0.2, -0.15) is 0 Å². The van der Waals surface area contributed by atoms with Crippen LogP contribution < -0.4 is 10.6 Å². The molecule has 0 aromatic heterocycles. The Balaban J connectivity index is 2.38. The second kappa shape index (κ2) is 1.40. The van der Waals surface area contributed by atoms with Crippen LogP contribution in [0.3, 0.4) is 0 Å². The van der Waals surface area contributed by atoms with E-state index < -0.39 is 0 Å². The number of rotatable bonds is 0. The molecule has 0 bridgehead atoms. The lowest BCUT2D eigenvalue weighted by Crippen LogP contribution is -2.13. The van der Waals surface area contributed by atoms with E-state index in [-0.39, 0.29) is 0 Å². The average Bonchev–Trinajstić information content (AvgIpc) is 1.86. The number of hydrogen-bond donors (Lipinski definition) is 2. The monoisotopic (exact) mass is 103 g/mol. The van der Waals surface area contributed by atoms with Crippen LogP contribution in [0.5, 0.6) is 0 Å². The van der Waals surface area contributed by atoms with Crippen molar-refractivity contribution in [2.45, 2.75) is 0 Å². The van der Waals surface area contributed by atoms with Gasteiger partial charge in [-0.25, -0.2) is 10.3 Å². The first-order chi connectivity index (χ1) is 2.89. The Morgan fingerprint density at radius 2 is 2.67 bits per heavy atom. The minimum atomic E-state index is 1.35. The Labute approximate surface area is 40.4 Å². The molecule has 0 aliphatic carbocycles. The highest BCUT2D eigenvalue weighted by Crippen LogP contribution is 2.03. The summed E-state index contributed by atoms with van der Waals surface area (Å²) >= 11 is 1.35. The van der Waals surface area contributed by atoms with Crippen molar-refractivity contribution in [3.63, 3.8) is 0 Å². The van der Waals surface area contributed by atoms with E-state index in [1.807, 2.05) is 0 Å². The molecule has 0 unspecified atom stereocenters. The Bertz CT molecular complexity index is 71.2. The van der Waals surface area contributed by atoms with Crippen molar-refractivity contribution in [1.29, 1.82) is 0 Å². The molecule has 4 heteroatoms. The summed E-state index contributed by atoms with van der Waals surface area (Å²) in [6, 6.07) is 0. The summed E-state index contributed by atoms with van der Waals surface area (Å²) in [4.78, 5) is 0. The lowest BCUT2D eigenvalue weighted by molar-refractivity contribution is 0.682. The highest BCUT2D eigenvalue weighted by atomic mass is 32.2. The molecule has 3 N–H and O–H groups in total. The van der Waals surface area contributed by atoms with Gasteiger partial charge in [-0.3, -0.25) is 0 Å². The van der Waals surface area contributed by atoms with Crippen molar-refractivity contribution in [2.75, 3.05) is 0 Å². The molecule has 0 aromatic rings. The third kappa shape index (κ3) is 0.580. The van der Waals surface area contributed by atoms with Gasteiger partial charge in [0.15, 0.2) is 0 Å². The zero-order valence-electron chi connectivity index (χ0n) is 3.09. The fourth-order valence-electron chi connectivity index (χ4n) is 0.226. The lowest BCUT2D eigenvalue weighted by Gasteiger charge is -1.99. The standard InChI is InChI=1S/C2H5N3S/c3-5-2-1-4-6-5/h1-2,4H,3H2. The molecule has 3 nitrogen and oxygen atoms in total. The third-order valence-electron chi connectivity index (χ3n) is 0.448. The van der Waals surface area contributed by atoms with Crippen LogP contribution in [-0.2, 0) is 0 Å². The molecule has 0 aromatic carbocycles. The summed E-state index contributed by atoms with van der Waals surface area (Å²) in [6.07, 6.45) is 3.51. The van der Waals surface area contributed by atoms with E-state index in [1.165, 1.54) is 16.5 Å². The molecule has 34 valence electrons. The smallest absolute Gasteiger partial charge is 0.0835 e. The van der Waals surface area contributed by atoms with Crippen molar-refractivity contribution in [3.05, 3.63) is 12.4 Å². The number of nitrogens with zero attached hydrogens (tertiary/aromatic N) is 1. The van der Waals surface area contributed by atoms with Gasteiger partial charge in [-0.05, 0) is 0 Å². The maximum absolute atomic E-state index is 5.18. The second-order valence-electron chi connectivity index (χ2n) is 0.885. The predicted octanol–water partition coefficient (Wildman–Crippen LogP) is -0.200. The molecule has 1 rings (SSSR count). The van der Waals surface area contributed by atoms with E-state index >= 15 is 0 Å². The van der Waals surface area contributed by atoms with Crippen LogP contribution in [-0.4, -0.2) is 4.41 Å². The molecule has 0 fully saturated rings. The molecule has 1 heterocycles. The van der Waals surface area contributed by atoms with Crippen molar-refractivity contribution in [1.82, 2.24) is 9.14 Å². The minimum Gasteiger partial charge on any atom is -0.316 e. The van der Waals surface area contributed by atoms with E-state index in [0.29, 0.717) is 0 Å². The van der Waals surface area contributed by atoms with Gasteiger partial charge >= 0.3 is 0 Å². The third-order valence-corrected chi connectivity index (χ3v) is 1.02. The van der Waals surface area contributed by atoms with E-state index in [2.05, 4.69) is 4.72 Å². The predicted molar refractivity (Wildman–Crippen MR) is 25.9 cm³/mol. The maximum atomic E-state index is 5.18. The van der Waals surface area contributed by atoms with E-state index in [4.69, 9.17) is 5.84 Å². The molecule has 0 atom stereocenters. The van der Waals surface area contributed by atoms with Crippen LogP contribution in [0, 0.1) is 0 Å². The number of hydrogen-bond acceptors (Lipinski definition) is 4. The van der Waals surface area contributed by atoms with Gasteiger partial charge < -0.3 is 4.72 Å².